The molecule has 1 aromatic carbocycles. The van der Waals surface area contributed by atoms with E-state index in [4.69, 9.17) is 9.47 Å². The maximum Gasteiger partial charge on any atom is 0.169 e. The Morgan fingerprint density at radius 2 is 1.78 bits per heavy atom. The first-order valence-corrected chi connectivity index (χ1v) is 8.68. The lowest BCUT2D eigenvalue weighted by atomic mass is 9.88. The fraction of sp³-hybridized carbons (Fsp3) is 0.700. The smallest absolute Gasteiger partial charge is 0.169 e. The Hall–Kier alpha value is -0.900. The van der Waals surface area contributed by atoms with Gasteiger partial charge in [-0.25, -0.2) is 0 Å². The van der Waals surface area contributed by atoms with Crippen molar-refractivity contribution >= 4 is 0 Å². The molecular weight excluding hydrogens is 286 g/mol. The molecule has 0 unspecified atom stereocenters. The minimum atomic E-state index is -0.158. The van der Waals surface area contributed by atoms with Crippen LogP contribution in [0.15, 0.2) is 30.3 Å². The van der Waals surface area contributed by atoms with Gasteiger partial charge in [-0.05, 0) is 34.6 Å². The number of quaternary nitrogens is 1. The van der Waals surface area contributed by atoms with E-state index in [-0.39, 0.29) is 23.4 Å². The van der Waals surface area contributed by atoms with E-state index in [1.807, 2.05) is 0 Å². The van der Waals surface area contributed by atoms with E-state index in [0.29, 0.717) is 0 Å². The average molecular weight is 320 g/mol. The summed E-state index contributed by atoms with van der Waals surface area (Å²) in [5.41, 5.74) is 1.20. The first-order valence-electron chi connectivity index (χ1n) is 8.68. The third-order valence-electron chi connectivity index (χ3n) is 4.49. The summed E-state index contributed by atoms with van der Waals surface area (Å²) in [7, 11) is 4.57. The Bertz CT molecular complexity index is 508. The molecule has 1 heterocycles. The maximum atomic E-state index is 6.27. The highest BCUT2D eigenvalue weighted by molar-refractivity contribution is 5.13. The summed E-state index contributed by atoms with van der Waals surface area (Å²) in [5, 5.41) is 0. The zero-order chi connectivity index (χ0) is 17.3. The van der Waals surface area contributed by atoms with Gasteiger partial charge in [-0.2, -0.15) is 0 Å². The van der Waals surface area contributed by atoms with Crippen LogP contribution in [0.25, 0.3) is 0 Å². The summed E-state index contributed by atoms with van der Waals surface area (Å²) >= 11 is 0. The van der Waals surface area contributed by atoms with Crippen LogP contribution in [0, 0.1) is 5.41 Å². The number of hydrogen-bond acceptors (Lipinski definition) is 2. The van der Waals surface area contributed by atoms with Crippen molar-refractivity contribution in [2.24, 2.45) is 5.41 Å². The third-order valence-corrected chi connectivity index (χ3v) is 4.49. The van der Waals surface area contributed by atoms with E-state index < -0.39 is 0 Å². The van der Waals surface area contributed by atoms with Crippen molar-refractivity contribution in [2.45, 2.75) is 65.6 Å². The molecule has 0 bridgehead atoms. The standard InChI is InChI=1S/C20H34NO2/c1-16-13-20(4,5)23-18(22-16)19(2,3)15-21(6,7)14-17-11-9-8-10-12-17/h8-12,16,18H,13-15H2,1-7H3/q+1/t16-,18-/m1/s1. The maximum absolute atomic E-state index is 6.27. The van der Waals surface area contributed by atoms with Gasteiger partial charge >= 0.3 is 0 Å². The van der Waals surface area contributed by atoms with Gasteiger partial charge in [0, 0.05) is 12.0 Å². The fourth-order valence-corrected chi connectivity index (χ4v) is 3.97. The van der Waals surface area contributed by atoms with Gasteiger partial charge in [0.1, 0.15) is 6.54 Å². The lowest BCUT2D eigenvalue weighted by Gasteiger charge is -2.47. The second kappa shape index (κ2) is 6.54. The van der Waals surface area contributed by atoms with Crippen LogP contribution in [-0.4, -0.2) is 43.1 Å². The van der Waals surface area contributed by atoms with E-state index in [9.17, 15) is 0 Å². The van der Waals surface area contributed by atoms with E-state index >= 15 is 0 Å². The fourth-order valence-electron chi connectivity index (χ4n) is 3.97. The van der Waals surface area contributed by atoms with E-state index in [0.717, 1.165) is 24.0 Å². The number of ether oxygens (including phenoxy) is 2. The average Bonchev–Trinajstić information content (AvgIpc) is 2.35. The van der Waals surface area contributed by atoms with Gasteiger partial charge in [-0.15, -0.1) is 0 Å². The Morgan fingerprint density at radius 1 is 1.17 bits per heavy atom. The van der Waals surface area contributed by atoms with E-state index in [1.54, 1.807) is 0 Å². The molecule has 1 aromatic rings. The molecular formula is C20H34NO2+. The van der Waals surface area contributed by atoms with Crippen molar-refractivity contribution in [3.8, 4) is 0 Å². The first-order chi connectivity index (χ1) is 10.5. The predicted molar refractivity (Wildman–Crippen MR) is 95.0 cm³/mol. The summed E-state index contributed by atoms with van der Waals surface area (Å²) in [6.45, 7) is 13.0. The molecule has 23 heavy (non-hydrogen) atoms. The summed E-state index contributed by atoms with van der Waals surface area (Å²) in [4.78, 5) is 0. The summed E-state index contributed by atoms with van der Waals surface area (Å²) in [5.74, 6) is 0. The number of hydrogen-bond donors (Lipinski definition) is 0. The third kappa shape index (κ3) is 5.30. The van der Waals surface area contributed by atoms with Crippen LogP contribution in [0.5, 0.6) is 0 Å². The molecule has 1 fully saturated rings. The van der Waals surface area contributed by atoms with Crippen molar-refractivity contribution in [1.82, 2.24) is 0 Å². The summed E-state index contributed by atoms with van der Waals surface area (Å²) < 4.78 is 13.3. The molecule has 2 atom stereocenters. The van der Waals surface area contributed by atoms with Crippen LogP contribution < -0.4 is 0 Å². The molecule has 1 aliphatic heterocycles. The monoisotopic (exact) mass is 320 g/mol. The first kappa shape index (κ1) is 18.4. The summed E-state index contributed by atoms with van der Waals surface area (Å²) in [6, 6.07) is 10.7. The van der Waals surface area contributed by atoms with Crippen LogP contribution in [0.3, 0.4) is 0 Å². The van der Waals surface area contributed by atoms with Crippen molar-refractivity contribution in [1.29, 1.82) is 0 Å². The quantitative estimate of drug-likeness (QED) is 0.756. The molecule has 0 N–H and O–H groups in total. The summed E-state index contributed by atoms with van der Waals surface area (Å²) in [6.07, 6.45) is 1.03. The molecule has 1 saturated heterocycles. The SMILES string of the molecule is C[C@@H]1CC(C)(C)O[C@H](C(C)(C)C[N+](C)(C)Cc2ccccc2)O1. The van der Waals surface area contributed by atoms with Gasteiger partial charge in [-0.1, -0.05) is 30.3 Å². The lowest BCUT2D eigenvalue weighted by Crippen LogP contribution is -2.55. The van der Waals surface area contributed by atoms with Gasteiger partial charge in [-0.3, -0.25) is 0 Å². The molecule has 0 radical (unpaired) electrons. The largest absolute Gasteiger partial charge is 0.349 e. The zero-order valence-electron chi connectivity index (χ0n) is 15.9. The minimum absolute atomic E-state index is 0.0514. The van der Waals surface area contributed by atoms with Crippen molar-refractivity contribution < 1.29 is 14.0 Å². The zero-order valence-corrected chi connectivity index (χ0v) is 15.9. The molecule has 1 aliphatic rings. The number of benzene rings is 1. The predicted octanol–water partition coefficient (Wildman–Crippen LogP) is 4.22. The van der Waals surface area contributed by atoms with E-state index in [1.165, 1.54) is 5.56 Å². The number of rotatable bonds is 5. The van der Waals surface area contributed by atoms with Crippen molar-refractivity contribution in [2.75, 3.05) is 20.6 Å². The minimum Gasteiger partial charge on any atom is -0.349 e. The van der Waals surface area contributed by atoms with Gasteiger partial charge in [0.25, 0.3) is 0 Å². The molecule has 0 spiro atoms. The van der Waals surface area contributed by atoms with Crippen LogP contribution in [0.1, 0.15) is 46.6 Å². The van der Waals surface area contributed by atoms with Crippen LogP contribution >= 0.6 is 0 Å². The Morgan fingerprint density at radius 3 is 2.35 bits per heavy atom. The molecule has 0 amide bonds. The van der Waals surface area contributed by atoms with Gasteiger partial charge in [0.15, 0.2) is 6.29 Å². The van der Waals surface area contributed by atoms with Crippen LogP contribution in [0.2, 0.25) is 0 Å². The highest BCUT2D eigenvalue weighted by atomic mass is 16.7. The van der Waals surface area contributed by atoms with Crippen molar-refractivity contribution in [3.63, 3.8) is 0 Å². The Kier molecular flexibility index (Phi) is 5.24. The van der Waals surface area contributed by atoms with Gasteiger partial charge in [0.05, 0.1) is 37.8 Å². The molecule has 0 aliphatic carbocycles. The van der Waals surface area contributed by atoms with Crippen molar-refractivity contribution in [3.05, 3.63) is 35.9 Å². The van der Waals surface area contributed by atoms with Gasteiger partial charge in [0.2, 0.25) is 0 Å². The van der Waals surface area contributed by atoms with Gasteiger partial charge < -0.3 is 14.0 Å². The number of nitrogens with zero attached hydrogens (tertiary/aromatic N) is 1. The molecule has 130 valence electrons. The van der Waals surface area contributed by atoms with E-state index in [2.05, 4.69) is 79.0 Å². The normalized spacial score (nSPS) is 25.3. The Labute approximate surface area is 142 Å². The van der Waals surface area contributed by atoms with Crippen LogP contribution in [-0.2, 0) is 16.0 Å². The molecule has 0 aromatic heterocycles. The molecule has 2 rings (SSSR count). The second-order valence-electron chi connectivity index (χ2n) is 9.09. The Balaban J connectivity index is 2.07. The molecule has 0 saturated carbocycles. The lowest BCUT2D eigenvalue weighted by molar-refractivity contribution is -0.910. The molecule has 3 heteroatoms. The molecule has 3 nitrogen and oxygen atoms in total. The van der Waals surface area contributed by atoms with Crippen LogP contribution in [0.4, 0.5) is 0 Å². The topological polar surface area (TPSA) is 18.5 Å². The highest BCUT2D eigenvalue weighted by Gasteiger charge is 2.44. The highest BCUT2D eigenvalue weighted by Crippen LogP contribution is 2.37. The second-order valence-corrected chi connectivity index (χ2v) is 9.09.